The van der Waals surface area contributed by atoms with Crippen LogP contribution in [0.15, 0.2) is 18.2 Å². The maximum absolute atomic E-state index is 12.6. The molecule has 0 saturated heterocycles. The number of nitrogens with one attached hydrogen (secondary N) is 3. The molecule has 25 heavy (non-hydrogen) atoms. The molecule has 0 spiro atoms. The maximum Gasteiger partial charge on any atom is 0.251 e. The molecule has 1 aliphatic heterocycles. The number of carbonyl (C=O) groups excluding carboxylic acids is 1. The van der Waals surface area contributed by atoms with Crippen LogP contribution < -0.4 is 10.6 Å². The fraction of sp³-hybridized carbons (Fsp3) is 0.412. The Labute approximate surface area is 145 Å². The Kier molecular flexibility index (Phi) is 3.96. The average molecular weight is 339 g/mol. The number of fused-ring (bicyclic) bond motifs is 2. The van der Waals surface area contributed by atoms with Crippen LogP contribution in [0.25, 0.3) is 11.0 Å². The van der Waals surface area contributed by atoms with E-state index >= 15 is 0 Å². The second kappa shape index (κ2) is 6.29. The van der Waals surface area contributed by atoms with Gasteiger partial charge in [0.15, 0.2) is 5.82 Å². The van der Waals surface area contributed by atoms with Gasteiger partial charge in [-0.15, -0.1) is 10.2 Å². The zero-order valence-electron chi connectivity index (χ0n) is 14.3. The van der Waals surface area contributed by atoms with Crippen LogP contribution in [0, 0.1) is 6.92 Å². The summed E-state index contributed by atoms with van der Waals surface area (Å²) in [6, 6.07) is 5.25. The van der Waals surface area contributed by atoms with Crippen molar-refractivity contribution in [2.45, 2.75) is 32.9 Å². The summed E-state index contributed by atoms with van der Waals surface area (Å²) in [5.74, 6) is 2.47. The van der Waals surface area contributed by atoms with E-state index in [2.05, 4.69) is 35.4 Å². The maximum atomic E-state index is 12.6. The molecular formula is C17H21N7O. The first-order valence-electron chi connectivity index (χ1n) is 8.52. The zero-order chi connectivity index (χ0) is 17.4. The second-order valence-corrected chi connectivity index (χ2v) is 6.38. The van der Waals surface area contributed by atoms with E-state index in [-0.39, 0.29) is 11.9 Å². The number of nitrogens with zero attached hydrogens (tertiary/aromatic N) is 4. The Balaban J connectivity index is 1.54. The molecule has 1 aliphatic rings. The van der Waals surface area contributed by atoms with Crippen molar-refractivity contribution in [3.05, 3.63) is 41.2 Å². The molecule has 0 radical (unpaired) electrons. The number of aryl methyl sites for hydroxylation is 1. The summed E-state index contributed by atoms with van der Waals surface area (Å²) < 4.78 is 2.10. The lowest BCUT2D eigenvalue weighted by Crippen LogP contribution is -2.29. The molecule has 0 saturated carbocycles. The van der Waals surface area contributed by atoms with Crippen LogP contribution in [-0.2, 0) is 13.0 Å². The normalized spacial score (nSPS) is 15.6. The van der Waals surface area contributed by atoms with Crippen molar-refractivity contribution in [3.63, 3.8) is 0 Å². The number of amides is 1. The topological polar surface area (TPSA) is 101 Å². The number of rotatable bonds is 3. The Morgan fingerprint density at radius 2 is 2.20 bits per heavy atom. The largest absolute Gasteiger partial charge is 0.342 e. The van der Waals surface area contributed by atoms with E-state index in [9.17, 15) is 4.79 Å². The molecule has 1 amide bonds. The lowest BCUT2D eigenvalue weighted by Gasteiger charge is -2.15. The predicted octanol–water partition coefficient (Wildman–Crippen LogP) is 1.10. The van der Waals surface area contributed by atoms with Crippen molar-refractivity contribution < 1.29 is 4.79 Å². The fourth-order valence-corrected chi connectivity index (χ4v) is 3.24. The quantitative estimate of drug-likeness (QED) is 0.663. The zero-order valence-corrected chi connectivity index (χ0v) is 14.3. The molecule has 0 bridgehead atoms. The number of hydrogen-bond donors (Lipinski definition) is 3. The summed E-state index contributed by atoms with van der Waals surface area (Å²) in [6.45, 7) is 6.44. The van der Waals surface area contributed by atoms with Gasteiger partial charge >= 0.3 is 0 Å². The summed E-state index contributed by atoms with van der Waals surface area (Å²) in [7, 11) is 0. The first-order chi connectivity index (χ1) is 12.1. The molecule has 1 aromatic carbocycles. The van der Waals surface area contributed by atoms with Crippen LogP contribution in [0.2, 0.25) is 0 Å². The summed E-state index contributed by atoms with van der Waals surface area (Å²) >= 11 is 0. The van der Waals surface area contributed by atoms with E-state index in [0.29, 0.717) is 5.56 Å². The summed E-state index contributed by atoms with van der Waals surface area (Å²) in [6.07, 6.45) is 0.851. The van der Waals surface area contributed by atoms with Gasteiger partial charge in [0.2, 0.25) is 0 Å². The van der Waals surface area contributed by atoms with Crippen molar-refractivity contribution in [2.75, 3.05) is 13.1 Å². The SMILES string of the molecule is Cc1nc2ccc(C(=O)N[C@@H](C)c3nnc4n3CCNCC4)cc2[nH]1. The fourth-order valence-electron chi connectivity index (χ4n) is 3.24. The van der Waals surface area contributed by atoms with E-state index in [4.69, 9.17) is 0 Å². The highest BCUT2D eigenvalue weighted by Crippen LogP contribution is 2.17. The van der Waals surface area contributed by atoms with Gasteiger partial charge in [-0.1, -0.05) is 0 Å². The molecule has 130 valence electrons. The third kappa shape index (κ3) is 3.00. The molecule has 8 heteroatoms. The standard InChI is InChI=1S/C17H21N7O/c1-10(16-23-22-15-5-6-18-7-8-24(15)16)19-17(25)12-3-4-13-14(9-12)21-11(2)20-13/h3-4,9-10,18H,5-8H2,1-2H3,(H,19,25)(H,20,21)/t10-/m0/s1. The molecular weight excluding hydrogens is 318 g/mol. The van der Waals surface area contributed by atoms with E-state index in [1.165, 1.54) is 0 Å². The molecule has 3 heterocycles. The minimum Gasteiger partial charge on any atom is -0.342 e. The smallest absolute Gasteiger partial charge is 0.251 e. The molecule has 2 aromatic heterocycles. The first kappa shape index (κ1) is 15.8. The van der Waals surface area contributed by atoms with E-state index in [1.54, 1.807) is 6.07 Å². The van der Waals surface area contributed by atoms with E-state index < -0.39 is 0 Å². The molecule has 3 aromatic rings. The minimum absolute atomic E-state index is 0.134. The van der Waals surface area contributed by atoms with Gasteiger partial charge < -0.3 is 20.2 Å². The van der Waals surface area contributed by atoms with Gasteiger partial charge in [-0.05, 0) is 32.0 Å². The highest BCUT2D eigenvalue weighted by Gasteiger charge is 2.21. The number of carbonyl (C=O) groups is 1. The van der Waals surface area contributed by atoms with Crippen LogP contribution in [0.5, 0.6) is 0 Å². The number of aromatic nitrogens is 5. The van der Waals surface area contributed by atoms with Gasteiger partial charge in [0.1, 0.15) is 11.6 Å². The third-order valence-electron chi connectivity index (χ3n) is 4.49. The van der Waals surface area contributed by atoms with Crippen molar-refractivity contribution >= 4 is 16.9 Å². The van der Waals surface area contributed by atoms with Crippen molar-refractivity contribution in [3.8, 4) is 0 Å². The van der Waals surface area contributed by atoms with Gasteiger partial charge in [0.05, 0.1) is 17.1 Å². The van der Waals surface area contributed by atoms with Crippen molar-refractivity contribution in [1.29, 1.82) is 0 Å². The van der Waals surface area contributed by atoms with Gasteiger partial charge in [-0.25, -0.2) is 4.98 Å². The Morgan fingerprint density at radius 1 is 1.32 bits per heavy atom. The Bertz CT molecular complexity index is 926. The number of aromatic amines is 1. The van der Waals surface area contributed by atoms with Gasteiger partial charge in [0, 0.05) is 31.6 Å². The van der Waals surface area contributed by atoms with Crippen LogP contribution in [0.1, 0.15) is 40.8 Å². The molecule has 0 unspecified atom stereocenters. The average Bonchev–Trinajstić information content (AvgIpc) is 3.08. The lowest BCUT2D eigenvalue weighted by atomic mass is 10.1. The monoisotopic (exact) mass is 339 g/mol. The first-order valence-corrected chi connectivity index (χ1v) is 8.52. The minimum atomic E-state index is -0.217. The second-order valence-electron chi connectivity index (χ2n) is 6.38. The molecule has 0 aliphatic carbocycles. The molecule has 3 N–H and O–H groups in total. The highest BCUT2D eigenvalue weighted by molar-refractivity contribution is 5.97. The molecule has 1 atom stereocenters. The van der Waals surface area contributed by atoms with Crippen LogP contribution in [-0.4, -0.2) is 43.7 Å². The Morgan fingerprint density at radius 3 is 3.08 bits per heavy atom. The number of imidazole rings is 1. The van der Waals surface area contributed by atoms with Crippen molar-refractivity contribution in [2.24, 2.45) is 0 Å². The van der Waals surface area contributed by atoms with E-state index in [1.807, 2.05) is 26.0 Å². The van der Waals surface area contributed by atoms with Gasteiger partial charge in [-0.2, -0.15) is 0 Å². The Hall–Kier alpha value is -2.74. The number of benzene rings is 1. The summed E-state index contributed by atoms with van der Waals surface area (Å²) in [5.41, 5.74) is 2.32. The van der Waals surface area contributed by atoms with Gasteiger partial charge in [0.25, 0.3) is 5.91 Å². The molecule has 8 nitrogen and oxygen atoms in total. The summed E-state index contributed by atoms with van der Waals surface area (Å²) in [5, 5.41) is 14.9. The van der Waals surface area contributed by atoms with Crippen LogP contribution >= 0.6 is 0 Å². The summed E-state index contributed by atoms with van der Waals surface area (Å²) in [4.78, 5) is 20.1. The lowest BCUT2D eigenvalue weighted by molar-refractivity contribution is 0.0937. The number of hydrogen-bond acceptors (Lipinski definition) is 5. The predicted molar refractivity (Wildman–Crippen MR) is 93.3 cm³/mol. The van der Waals surface area contributed by atoms with E-state index in [0.717, 1.165) is 54.6 Å². The molecule has 0 fully saturated rings. The van der Waals surface area contributed by atoms with Gasteiger partial charge in [-0.3, -0.25) is 4.79 Å². The molecule has 4 rings (SSSR count). The van der Waals surface area contributed by atoms with Crippen LogP contribution in [0.3, 0.4) is 0 Å². The van der Waals surface area contributed by atoms with Crippen molar-refractivity contribution in [1.82, 2.24) is 35.4 Å². The third-order valence-corrected chi connectivity index (χ3v) is 4.49. The highest BCUT2D eigenvalue weighted by atomic mass is 16.1. The number of H-pyrrole nitrogens is 1. The van der Waals surface area contributed by atoms with Crippen LogP contribution in [0.4, 0.5) is 0 Å².